The lowest BCUT2D eigenvalue weighted by molar-refractivity contribution is -0.131. The van der Waals surface area contributed by atoms with Crippen molar-refractivity contribution in [2.24, 2.45) is 5.73 Å². The Morgan fingerprint density at radius 2 is 1.95 bits per heavy atom. The first-order valence-corrected chi connectivity index (χ1v) is 11.8. The number of aromatic amines is 1. The van der Waals surface area contributed by atoms with Crippen molar-refractivity contribution in [2.45, 2.75) is 19.4 Å². The van der Waals surface area contributed by atoms with Crippen LogP contribution in [0, 0.1) is 16.7 Å². The second-order valence-corrected chi connectivity index (χ2v) is 8.32. The molecular weight excluding hydrogens is 518 g/mol. The number of esters is 1. The van der Waals surface area contributed by atoms with E-state index in [-0.39, 0.29) is 35.3 Å². The van der Waals surface area contributed by atoms with Gasteiger partial charge in [-0.1, -0.05) is 0 Å². The van der Waals surface area contributed by atoms with E-state index < -0.39 is 17.7 Å². The summed E-state index contributed by atoms with van der Waals surface area (Å²) in [7, 11) is 2.94. The Hall–Kier alpha value is -5.71. The third-order valence-electron chi connectivity index (χ3n) is 5.67. The van der Waals surface area contributed by atoms with E-state index in [0.717, 1.165) is 4.68 Å². The van der Waals surface area contributed by atoms with Crippen molar-refractivity contribution < 1.29 is 19.0 Å². The van der Waals surface area contributed by atoms with Gasteiger partial charge in [-0.3, -0.25) is 15.2 Å². The molecule has 1 atom stereocenters. The topological polar surface area (TPSA) is 207 Å². The molecule has 40 heavy (non-hydrogen) atoms. The lowest BCUT2D eigenvalue weighted by Gasteiger charge is -2.22. The van der Waals surface area contributed by atoms with E-state index in [1.807, 2.05) is 0 Å². The van der Waals surface area contributed by atoms with Gasteiger partial charge in [0.05, 0.1) is 32.3 Å². The highest BCUT2D eigenvalue weighted by molar-refractivity contribution is 5.98. The highest BCUT2D eigenvalue weighted by Gasteiger charge is 2.25. The van der Waals surface area contributed by atoms with Gasteiger partial charge in [-0.15, -0.1) is 9.78 Å². The molecule has 4 aromatic rings. The van der Waals surface area contributed by atoms with E-state index in [9.17, 15) is 14.9 Å². The zero-order valence-electron chi connectivity index (χ0n) is 21.8. The first kappa shape index (κ1) is 27.3. The smallest absolute Gasteiger partial charge is 0.350 e. The highest BCUT2D eigenvalue weighted by Crippen LogP contribution is 2.37. The number of benzene rings is 2. The van der Waals surface area contributed by atoms with Gasteiger partial charge in [0.1, 0.15) is 17.6 Å². The lowest BCUT2D eigenvalue weighted by Crippen LogP contribution is -2.18. The monoisotopic (exact) mass is 543 g/mol. The number of hydrogen-bond donors (Lipinski definition) is 4. The Kier molecular flexibility index (Phi) is 8.05. The number of ether oxygens (including phenoxy) is 3. The molecule has 14 nitrogen and oxygen atoms in total. The molecule has 0 saturated carbocycles. The fraction of sp³-hybridized carbons (Fsp3) is 0.192. The second-order valence-electron chi connectivity index (χ2n) is 8.32. The molecule has 0 spiro atoms. The summed E-state index contributed by atoms with van der Waals surface area (Å²) in [4.78, 5) is 35.5. The Balaban J connectivity index is 1.89. The van der Waals surface area contributed by atoms with E-state index in [1.165, 1.54) is 45.7 Å². The van der Waals surface area contributed by atoms with Crippen molar-refractivity contribution in [1.82, 2.24) is 24.7 Å². The average Bonchev–Trinajstić information content (AvgIpc) is 3.32. The normalized spacial score (nSPS) is 11.2. The number of nitrogen functional groups attached to an aromatic ring is 1. The standard InChI is InChI=1S/C26H25N9O5/c1-14(36)40-19-13-17(5-6-18(19)23(28)29)32-21(16-11-15(7-8-27)22(39-3)20(12-16)38-2)24-33-26(37)35(34-24)25-30-9-4-10-31-25/h4-6,9-13,21,32H,7H2,1-3H3,(H3,28,29)(H,33,34,37). The number of rotatable bonds is 10. The maximum absolute atomic E-state index is 12.9. The molecule has 204 valence electrons. The largest absolute Gasteiger partial charge is 0.493 e. The van der Waals surface area contributed by atoms with Crippen molar-refractivity contribution in [3.63, 3.8) is 0 Å². The van der Waals surface area contributed by atoms with Crippen LogP contribution in [-0.2, 0) is 11.2 Å². The molecule has 0 radical (unpaired) electrons. The number of nitriles is 1. The molecule has 0 fully saturated rings. The van der Waals surface area contributed by atoms with Gasteiger partial charge in [-0.25, -0.2) is 14.8 Å². The Morgan fingerprint density at radius 3 is 2.58 bits per heavy atom. The van der Waals surface area contributed by atoms with Crippen LogP contribution in [-0.4, -0.2) is 50.8 Å². The zero-order chi connectivity index (χ0) is 28.8. The van der Waals surface area contributed by atoms with Gasteiger partial charge in [0.15, 0.2) is 17.3 Å². The van der Waals surface area contributed by atoms with E-state index >= 15 is 0 Å². The maximum atomic E-state index is 12.9. The third kappa shape index (κ3) is 5.73. The number of amidine groups is 1. The Bertz CT molecular complexity index is 1660. The summed E-state index contributed by atoms with van der Waals surface area (Å²) in [6, 6.07) is 11.0. The highest BCUT2D eigenvalue weighted by atomic mass is 16.5. The van der Waals surface area contributed by atoms with E-state index in [1.54, 1.807) is 24.3 Å². The maximum Gasteiger partial charge on any atom is 0.350 e. The first-order chi connectivity index (χ1) is 19.2. The minimum absolute atomic E-state index is 0.0207. The van der Waals surface area contributed by atoms with Gasteiger partial charge in [-0.2, -0.15) is 5.26 Å². The van der Waals surface area contributed by atoms with Crippen LogP contribution in [0.2, 0.25) is 0 Å². The zero-order valence-corrected chi connectivity index (χ0v) is 21.8. The van der Waals surface area contributed by atoms with Crippen LogP contribution in [0.3, 0.4) is 0 Å². The van der Waals surface area contributed by atoms with Gasteiger partial charge in [0.25, 0.3) is 5.95 Å². The third-order valence-corrected chi connectivity index (χ3v) is 5.67. The molecule has 1 unspecified atom stereocenters. The molecule has 5 N–H and O–H groups in total. The molecule has 0 amide bonds. The molecule has 0 aliphatic rings. The molecule has 2 aromatic carbocycles. The van der Waals surface area contributed by atoms with Crippen molar-refractivity contribution >= 4 is 17.5 Å². The minimum Gasteiger partial charge on any atom is -0.493 e. The predicted octanol–water partition coefficient (Wildman–Crippen LogP) is 1.84. The number of carbonyl (C=O) groups excluding carboxylic acids is 1. The minimum atomic E-state index is -0.830. The number of anilines is 1. The molecule has 0 saturated heterocycles. The summed E-state index contributed by atoms with van der Waals surface area (Å²) in [6.07, 6.45) is 2.98. The van der Waals surface area contributed by atoms with Crippen LogP contribution in [0.5, 0.6) is 17.2 Å². The molecular formula is C26H25N9O5. The average molecular weight is 544 g/mol. The van der Waals surface area contributed by atoms with Crippen LogP contribution in [0.1, 0.15) is 35.5 Å². The quantitative estimate of drug-likeness (QED) is 0.0982. The van der Waals surface area contributed by atoms with Gasteiger partial charge in [0, 0.05) is 36.6 Å². The number of H-pyrrole nitrogens is 1. The summed E-state index contributed by atoms with van der Waals surface area (Å²) in [5.74, 6) is 0.183. The van der Waals surface area contributed by atoms with Gasteiger partial charge >= 0.3 is 11.7 Å². The van der Waals surface area contributed by atoms with Crippen molar-refractivity contribution in [2.75, 3.05) is 19.5 Å². The lowest BCUT2D eigenvalue weighted by atomic mass is 9.99. The first-order valence-electron chi connectivity index (χ1n) is 11.8. The van der Waals surface area contributed by atoms with E-state index in [2.05, 4.69) is 31.4 Å². The predicted molar refractivity (Wildman–Crippen MR) is 143 cm³/mol. The Morgan fingerprint density at radius 1 is 1.20 bits per heavy atom. The number of carbonyl (C=O) groups is 1. The molecule has 0 aliphatic heterocycles. The van der Waals surface area contributed by atoms with Crippen LogP contribution >= 0.6 is 0 Å². The number of aromatic nitrogens is 5. The number of hydrogen-bond acceptors (Lipinski definition) is 11. The van der Waals surface area contributed by atoms with Crippen LogP contribution < -0.4 is 31.0 Å². The summed E-state index contributed by atoms with van der Waals surface area (Å²) < 4.78 is 17.3. The van der Waals surface area contributed by atoms with E-state index in [0.29, 0.717) is 28.3 Å². The summed E-state index contributed by atoms with van der Waals surface area (Å²) in [6.45, 7) is 1.23. The Labute approximate surface area is 227 Å². The van der Waals surface area contributed by atoms with Crippen LogP contribution in [0.4, 0.5) is 5.69 Å². The van der Waals surface area contributed by atoms with Crippen molar-refractivity contribution in [3.8, 4) is 29.3 Å². The molecule has 14 heteroatoms. The fourth-order valence-corrected chi connectivity index (χ4v) is 4.01. The fourth-order valence-electron chi connectivity index (χ4n) is 4.01. The summed E-state index contributed by atoms with van der Waals surface area (Å²) in [5.41, 5.74) is 6.84. The molecule has 0 aliphatic carbocycles. The molecule has 2 heterocycles. The number of nitrogens with one attached hydrogen (secondary N) is 3. The van der Waals surface area contributed by atoms with Crippen molar-refractivity contribution in [3.05, 3.63) is 81.8 Å². The summed E-state index contributed by atoms with van der Waals surface area (Å²) in [5, 5.41) is 24.9. The number of methoxy groups -OCH3 is 2. The SMILES string of the molecule is COc1cc(C(Nc2ccc(C(=N)N)c(OC(C)=O)c2)c2nn(-c3ncccn3)c(=O)[nH]2)cc(CC#N)c1OC. The van der Waals surface area contributed by atoms with Gasteiger partial charge in [0.2, 0.25) is 0 Å². The number of nitrogens with zero attached hydrogens (tertiary/aromatic N) is 5. The molecule has 4 rings (SSSR count). The summed E-state index contributed by atoms with van der Waals surface area (Å²) >= 11 is 0. The van der Waals surface area contributed by atoms with E-state index in [4.69, 9.17) is 25.4 Å². The van der Waals surface area contributed by atoms with Gasteiger partial charge in [-0.05, 0) is 35.9 Å². The molecule has 2 aromatic heterocycles. The number of nitrogens with two attached hydrogens (primary N) is 1. The van der Waals surface area contributed by atoms with Crippen LogP contribution in [0.25, 0.3) is 5.95 Å². The van der Waals surface area contributed by atoms with Crippen LogP contribution in [0.15, 0.2) is 53.6 Å². The second kappa shape index (κ2) is 11.8. The van der Waals surface area contributed by atoms with Crippen molar-refractivity contribution in [1.29, 1.82) is 10.7 Å². The van der Waals surface area contributed by atoms with Gasteiger partial charge < -0.3 is 25.3 Å². The molecule has 0 bridgehead atoms.